The summed E-state index contributed by atoms with van der Waals surface area (Å²) in [6.07, 6.45) is 5.45. The van der Waals surface area contributed by atoms with Crippen LogP contribution in [0.25, 0.3) is 0 Å². The SMILES string of the molecule is CC(C)CC(C/C=C1/CC(C)(COC(=O)C(C)(C)C)N(O)C1=O)CC(C)C. The van der Waals surface area contributed by atoms with E-state index >= 15 is 0 Å². The summed E-state index contributed by atoms with van der Waals surface area (Å²) in [6.45, 7) is 16.0. The number of carbonyl (C=O) groups excluding carboxylic acids is 2. The van der Waals surface area contributed by atoms with Crippen LogP contribution in [0.5, 0.6) is 0 Å². The molecule has 1 heterocycles. The van der Waals surface area contributed by atoms with Crippen molar-refractivity contribution in [1.29, 1.82) is 0 Å². The minimum Gasteiger partial charge on any atom is -0.463 e. The van der Waals surface area contributed by atoms with Crippen LogP contribution in [0.3, 0.4) is 0 Å². The Morgan fingerprint density at radius 1 is 1.22 bits per heavy atom. The Kier molecular flexibility index (Phi) is 8.09. The van der Waals surface area contributed by atoms with Gasteiger partial charge >= 0.3 is 5.97 Å². The van der Waals surface area contributed by atoms with Gasteiger partial charge in [-0.15, -0.1) is 0 Å². The molecule has 27 heavy (non-hydrogen) atoms. The molecule has 1 aliphatic rings. The Bertz CT molecular complexity index is 549. The summed E-state index contributed by atoms with van der Waals surface area (Å²) in [6, 6.07) is 0. The predicted octanol–water partition coefficient (Wildman–Crippen LogP) is 4.98. The van der Waals surface area contributed by atoms with E-state index in [-0.39, 0.29) is 18.5 Å². The molecule has 1 unspecified atom stereocenters. The molecule has 5 heteroatoms. The molecular formula is C22H39NO4. The third-order valence-corrected chi connectivity index (χ3v) is 4.98. The predicted molar refractivity (Wildman–Crippen MR) is 107 cm³/mol. The molecule has 156 valence electrons. The second-order valence-corrected chi connectivity index (χ2v) is 10.2. The molecule has 0 aromatic carbocycles. The van der Waals surface area contributed by atoms with Gasteiger partial charge in [-0.05, 0) is 64.7 Å². The summed E-state index contributed by atoms with van der Waals surface area (Å²) in [5.41, 5.74) is -0.904. The van der Waals surface area contributed by atoms with Crippen LogP contribution in [-0.2, 0) is 14.3 Å². The third kappa shape index (κ3) is 6.95. The van der Waals surface area contributed by atoms with Crippen molar-refractivity contribution in [3.63, 3.8) is 0 Å². The minimum atomic E-state index is -0.907. The van der Waals surface area contributed by atoms with Crippen LogP contribution in [0.2, 0.25) is 0 Å². The fourth-order valence-electron chi connectivity index (χ4n) is 3.58. The molecule has 0 aromatic heterocycles. The molecule has 5 nitrogen and oxygen atoms in total. The van der Waals surface area contributed by atoms with Crippen LogP contribution in [-0.4, -0.2) is 34.3 Å². The van der Waals surface area contributed by atoms with Gasteiger partial charge in [0.25, 0.3) is 5.91 Å². The molecule has 0 aromatic rings. The molecule has 0 aliphatic carbocycles. The average molecular weight is 382 g/mol. The normalized spacial score (nSPS) is 22.6. The van der Waals surface area contributed by atoms with Gasteiger partial charge in [-0.1, -0.05) is 33.8 Å². The lowest BCUT2D eigenvalue weighted by Crippen LogP contribution is -2.45. The summed E-state index contributed by atoms with van der Waals surface area (Å²) in [4.78, 5) is 24.5. The monoisotopic (exact) mass is 381 g/mol. The largest absolute Gasteiger partial charge is 0.463 e. The molecule has 0 spiro atoms. The zero-order chi connectivity index (χ0) is 21.0. The maximum absolute atomic E-state index is 12.5. The highest BCUT2D eigenvalue weighted by molar-refractivity contribution is 5.96. The maximum Gasteiger partial charge on any atom is 0.311 e. The van der Waals surface area contributed by atoms with Crippen molar-refractivity contribution in [2.24, 2.45) is 23.2 Å². The number of carbonyl (C=O) groups is 2. The molecule has 1 saturated heterocycles. The number of allylic oxidation sites excluding steroid dienone is 1. The van der Waals surface area contributed by atoms with E-state index in [0.29, 0.717) is 29.7 Å². The lowest BCUT2D eigenvalue weighted by molar-refractivity contribution is -0.190. The first-order chi connectivity index (χ1) is 12.3. The number of hydroxylamine groups is 2. The first-order valence-corrected chi connectivity index (χ1v) is 10.2. The van der Waals surface area contributed by atoms with Gasteiger partial charge in [-0.3, -0.25) is 14.8 Å². The Hall–Kier alpha value is -1.36. The number of hydrogen-bond donors (Lipinski definition) is 1. The number of rotatable bonds is 8. The number of nitrogens with zero attached hydrogens (tertiary/aromatic N) is 1. The van der Waals surface area contributed by atoms with Crippen molar-refractivity contribution < 1.29 is 19.5 Å². The van der Waals surface area contributed by atoms with E-state index in [1.807, 2.05) is 6.08 Å². The van der Waals surface area contributed by atoms with Crippen LogP contribution in [0.4, 0.5) is 0 Å². The maximum atomic E-state index is 12.5. The van der Waals surface area contributed by atoms with Crippen LogP contribution >= 0.6 is 0 Å². The summed E-state index contributed by atoms with van der Waals surface area (Å²) in [5, 5.41) is 11.1. The Labute approximate surface area is 165 Å². The molecule has 0 radical (unpaired) electrons. The highest BCUT2D eigenvalue weighted by Gasteiger charge is 2.46. The molecule has 0 bridgehead atoms. The lowest BCUT2D eigenvalue weighted by Gasteiger charge is -2.30. The topological polar surface area (TPSA) is 66.8 Å². The smallest absolute Gasteiger partial charge is 0.311 e. The van der Waals surface area contributed by atoms with E-state index in [9.17, 15) is 14.8 Å². The number of amides is 1. The van der Waals surface area contributed by atoms with E-state index in [1.54, 1.807) is 27.7 Å². The first kappa shape index (κ1) is 23.7. The Balaban J connectivity index is 2.81. The van der Waals surface area contributed by atoms with Gasteiger partial charge in [0.05, 0.1) is 5.41 Å². The van der Waals surface area contributed by atoms with Gasteiger partial charge in [0.2, 0.25) is 0 Å². The van der Waals surface area contributed by atoms with Crippen molar-refractivity contribution in [1.82, 2.24) is 5.06 Å². The van der Waals surface area contributed by atoms with Crippen LogP contribution in [0, 0.1) is 23.2 Å². The van der Waals surface area contributed by atoms with Gasteiger partial charge in [0.1, 0.15) is 12.1 Å². The van der Waals surface area contributed by atoms with Crippen molar-refractivity contribution in [2.75, 3.05) is 6.61 Å². The molecule has 1 N–H and O–H groups in total. The molecule has 1 aliphatic heterocycles. The van der Waals surface area contributed by atoms with Gasteiger partial charge in [0.15, 0.2) is 0 Å². The summed E-state index contributed by atoms with van der Waals surface area (Å²) < 4.78 is 5.37. The first-order valence-electron chi connectivity index (χ1n) is 10.2. The van der Waals surface area contributed by atoms with Crippen molar-refractivity contribution in [3.8, 4) is 0 Å². The van der Waals surface area contributed by atoms with Gasteiger partial charge in [-0.2, -0.15) is 0 Å². The van der Waals surface area contributed by atoms with E-state index in [1.165, 1.54) is 0 Å². The van der Waals surface area contributed by atoms with Gasteiger partial charge < -0.3 is 4.74 Å². The fraction of sp³-hybridized carbons (Fsp3) is 0.818. The molecule has 1 rings (SSSR count). The lowest BCUT2D eigenvalue weighted by atomic mass is 9.86. The highest BCUT2D eigenvalue weighted by atomic mass is 16.6. The quantitative estimate of drug-likeness (QED) is 0.366. The number of ether oxygens (including phenoxy) is 1. The molecule has 1 fully saturated rings. The Morgan fingerprint density at radius 3 is 2.19 bits per heavy atom. The zero-order valence-electron chi connectivity index (χ0n) is 18.5. The van der Waals surface area contributed by atoms with E-state index in [0.717, 1.165) is 24.3 Å². The standard InChI is InChI=1S/C22H39NO4/c1-15(2)11-17(12-16(3)4)9-10-18-13-22(8,23(26)19(18)24)14-27-20(25)21(5,6)7/h10,15-17,26H,9,11-14H2,1-8H3/b18-10-. The summed E-state index contributed by atoms with van der Waals surface area (Å²) in [7, 11) is 0. The van der Waals surface area contributed by atoms with Crippen LogP contribution in [0.1, 0.15) is 81.1 Å². The molecule has 1 amide bonds. The van der Waals surface area contributed by atoms with Crippen molar-refractivity contribution >= 4 is 11.9 Å². The zero-order valence-corrected chi connectivity index (χ0v) is 18.5. The number of hydrogen-bond acceptors (Lipinski definition) is 4. The van der Waals surface area contributed by atoms with Crippen LogP contribution < -0.4 is 0 Å². The Morgan fingerprint density at radius 2 is 1.74 bits per heavy atom. The molecular weight excluding hydrogens is 342 g/mol. The van der Waals surface area contributed by atoms with Crippen molar-refractivity contribution in [3.05, 3.63) is 11.6 Å². The van der Waals surface area contributed by atoms with Gasteiger partial charge in [-0.25, -0.2) is 5.06 Å². The minimum absolute atomic E-state index is 0.00982. The highest BCUT2D eigenvalue weighted by Crippen LogP contribution is 2.34. The van der Waals surface area contributed by atoms with E-state index in [4.69, 9.17) is 4.74 Å². The van der Waals surface area contributed by atoms with Gasteiger partial charge in [0, 0.05) is 12.0 Å². The summed E-state index contributed by atoms with van der Waals surface area (Å²) >= 11 is 0. The van der Waals surface area contributed by atoms with Crippen LogP contribution in [0.15, 0.2) is 11.6 Å². The molecule has 0 saturated carbocycles. The van der Waals surface area contributed by atoms with Crippen molar-refractivity contribution in [2.45, 2.75) is 86.6 Å². The van der Waals surface area contributed by atoms with E-state index in [2.05, 4.69) is 27.7 Å². The summed E-state index contributed by atoms with van der Waals surface area (Å²) in [5.74, 6) is 1.04. The fourth-order valence-corrected chi connectivity index (χ4v) is 3.58. The average Bonchev–Trinajstić information content (AvgIpc) is 2.73. The second-order valence-electron chi connectivity index (χ2n) is 10.2. The van der Waals surface area contributed by atoms with E-state index < -0.39 is 11.0 Å². The molecule has 1 atom stereocenters. The number of esters is 1. The third-order valence-electron chi connectivity index (χ3n) is 4.98. The second kappa shape index (κ2) is 9.22.